The monoisotopic (exact) mass is 721 g/mol. The maximum Gasteiger partial charge on any atom is 0.265 e. The third-order valence-electron chi connectivity index (χ3n) is 8.00. The standard InChI is InChI=1S/C38H44ClN3O7S/c1-26-13-11-12-16-28(26)24-41(32(37(44)40-38(2,3)4)21-27-14-9-8-10-15-27)36(43)25-42(31-22-29(39)17-19-33(31)47-5)50(45,46)30-18-20-34(48-6)35(23-30)49-7/h8-20,22-23,32H,21,24-25H2,1-7H3,(H,40,44). The van der Waals surface area contributed by atoms with Gasteiger partial charge in [-0.1, -0.05) is 66.2 Å². The molecule has 1 N–H and O–H groups in total. The first-order valence-corrected chi connectivity index (χ1v) is 17.8. The molecule has 0 heterocycles. The van der Waals surface area contributed by atoms with Crippen LogP contribution >= 0.6 is 11.6 Å². The topological polar surface area (TPSA) is 114 Å². The summed E-state index contributed by atoms with van der Waals surface area (Å²) in [6.07, 6.45) is 0.184. The molecule has 0 saturated heterocycles. The molecule has 0 saturated carbocycles. The van der Waals surface area contributed by atoms with Crippen LogP contribution in [0.1, 0.15) is 37.5 Å². The van der Waals surface area contributed by atoms with Gasteiger partial charge in [-0.25, -0.2) is 8.42 Å². The maximum absolute atomic E-state index is 14.9. The van der Waals surface area contributed by atoms with Crippen LogP contribution in [0.3, 0.4) is 0 Å². The number of carbonyl (C=O) groups excluding carboxylic acids is 2. The number of benzene rings is 4. The second kappa shape index (κ2) is 16.3. The van der Waals surface area contributed by atoms with E-state index in [2.05, 4.69) is 5.32 Å². The van der Waals surface area contributed by atoms with Crippen molar-refractivity contribution in [3.63, 3.8) is 0 Å². The van der Waals surface area contributed by atoms with Crippen LogP contribution in [0.25, 0.3) is 0 Å². The Labute approximate surface area is 300 Å². The fraction of sp³-hybridized carbons (Fsp3) is 0.316. The number of carbonyl (C=O) groups is 2. The van der Waals surface area contributed by atoms with Gasteiger partial charge >= 0.3 is 0 Å². The molecule has 4 aromatic rings. The highest BCUT2D eigenvalue weighted by Gasteiger charge is 2.37. The summed E-state index contributed by atoms with van der Waals surface area (Å²) < 4.78 is 46.5. The number of amides is 2. The van der Waals surface area contributed by atoms with Crippen molar-refractivity contribution in [2.75, 3.05) is 32.2 Å². The van der Waals surface area contributed by atoms with Crippen molar-refractivity contribution >= 4 is 39.1 Å². The van der Waals surface area contributed by atoms with Crippen molar-refractivity contribution < 1.29 is 32.2 Å². The van der Waals surface area contributed by atoms with Gasteiger partial charge in [0, 0.05) is 29.6 Å². The van der Waals surface area contributed by atoms with Crippen LogP contribution in [-0.2, 0) is 32.6 Å². The Kier molecular flexibility index (Phi) is 12.4. The summed E-state index contributed by atoms with van der Waals surface area (Å²) in [6.45, 7) is 6.86. The molecular formula is C38H44ClN3O7S. The van der Waals surface area contributed by atoms with Gasteiger partial charge in [-0.3, -0.25) is 13.9 Å². The van der Waals surface area contributed by atoms with E-state index in [1.165, 1.54) is 56.6 Å². The number of methoxy groups -OCH3 is 3. The van der Waals surface area contributed by atoms with Gasteiger partial charge in [0.25, 0.3) is 10.0 Å². The third kappa shape index (κ3) is 9.28. The van der Waals surface area contributed by atoms with Crippen LogP contribution in [0.2, 0.25) is 5.02 Å². The summed E-state index contributed by atoms with van der Waals surface area (Å²) in [5.74, 6) is -0.321. The summed E-state index contributed by atoms with van der Waals surface area (Å²) in [5, 5.41) is 3.26. The molecule has 0 spiro atoms. The highest BCUT2D eigenvalue weighted by Crippen LogP contribution is 2.37. The zero-order valence-electron chi connectivity index (χ0n) is 29.4. The Balaban J connectivity index is 1.90. The molecule has 1 atom stereocenters. The SMILES string of the molecule is COc1ccc(S(=O)(=O)N(CC(=O)N(Cc2ccccc2C)C(Cc2ccccc2)C(=O)NC(C)(C)C)c2cc(Cl)ccc2OC)cc1OC. The first-order valence-electron chi connectivity index (χ1n) is 16.0. The van der Waals surface area contributed by atoms with Crippen LogP contribution < -0.4 is 23.8 Å². The molecule has 1 unspecified atom stereocenters. The van der Waals surface area contributed by atoms with E-state index in [9.17, 15) is 18.0 Å². The molecule has 4 aromatic carbocycles. The average molecular weight is 722 g/mol. The van der Waals surface area contributed by atoms with Gasteiger partial charge in [-0.2, -0.15) is 0 Å². The highest BCUT2D eigenvalue weighted by atomic mass is 35.5. The number of ether oxygens (including phenoxy) is 3. The van der Waals surface area contributed by atoms with Crippen LogP contribution in [0.5, 0.6) is 17.2 Å². The third-order valence-corrected chi connectivity index (χ3v) is 9.99. The second-order valence-electron chi connectivity index (χ2n) is 12.7. The minimum Gasteiger partial charge on any atom is -0.495 e. The van der Waals surface area contributed by atoms with E-state index in [0.717, 1.165) is 21.0 Å². The van der Waals surface area contributed by atoms with E-state index in [1.807, 2.05) is 82.3 Å². The summed E-state index contributed by atoms with van der Waals surface area (Å²) in [6, 6.07) is 24.6. The van der Waals surface area contributed by atoms with E-state index >= 15 is 0 Å². The first kappa shape index (κ1) is 38.1. The van der Waals surface area contributed by atoms with Crippen molar-refractivity contribution in [3.05, 3.63) is 113 Å². The Hall–Kier alpha value is -4.74. The fourth-order valence-corrected chi connectivity index (χ4v) is 7.05. The lowest BCUT2D eigenvalue weighted by Gasteiger charge is -2.35. The first-order chi connectivity index (χ1) is 23.7. The number of nitrogens with one attached hydrogen (secondary N) is 1. The molecule has 2 amide bonds. The molecule has 10 nitrogen and oxygen atoms in total. The molecule has 0 aliphatic heterocycles. The Morgan fingerprint density at radius 2 is 1.44 bits per heavy atom. The molecule has 0 fully saturated rings. The van der Waals surface area contributed by atoms with Crippen LogP contribution in [0.4, 0.5) is 5.69 Å². The molecule has 4 rings (SSSR count). The summed E-state index contributed by atoms with van der Waals surface area (Å²) >= 11 is 6.41. The number of anilines is 1. The van der Waals surface area contributed by atoms with Gasteiger partial charge in [0.15, 0.2) is 11.5 Å². The smallest absolute Gasteiger partial charge is 0.265 e. The van der Waals surface area contributed by atoms with Gasteiger partial charge in [-0.05, 0) is 74.7 Å². The molecular weight excluding hydrogens is 678 g/mol. The van der Waals surface area contributed by atoms with Crippen LogP contribution in [0, 0.1) is 6.92 Å². The van der Waals surface area contributed by atoms with Gasteiger partial charge < -0.3 is 24.4 Å². The largest absolute Gasteiger partial charge is 0.495 e. The normalized spacial score (nSPS) is 12.1. The zero-order chi connectivity index (χ0) is 36.6. The van der Waals surface area contributed by atoms with E-state index in [4.69, 9.17) is 25.8 Å². The predicted octanol–water partition coefficient (Wildman–Crippen LogP) is 6.42. The highest BCUT2D eigenvalue weighted by molar-refractivity contribution is 7.92. The van der Waals surface area contributed by atoms with Crippen molar-refractivity contribution in [3.8, 4) is 17.2 Å². The summed E-state index contributed by atoms with van der Waals surface area (Å²) in [5.41, 5.74) is 1.97. The Morgan fingerprint density at radius 3 is 2.06 bits per heavy atom. The molecule has 0 aliphatic carbocycles. The Bertz CT molecular complexity index is 1910. The van der Waals surface area contributed by atoms with Crippen molar-refractivity contribution in [2.24, 2.45) is 0 Å². The van der Waals surface area contributed by atoms with E-state index in [1.54, 1.807) is 6.07 Å². The molecule has 0 aliphatic rings. The average Bonchev–Trinajstić information content (AvgIpc) is 3.08. The quantitative estimate of drug-likeness (QED) is 0.160. The molecule has 0 bridgehead atoms. The lowest BCUT2D eigenvalue weighted by atomic mass is 10.00. The minimum absolute atomic E-state index is 0.0392. The van der Waals surface area contributed by atoms with E-state index < -0.39 is 34.1 Å². The van der Waals surface area contributed by atoms with Crippen LogP contribution in [-0.4, -0.2) is 64.6 Å². The zero-order valence-corrected chi connectivity index (χ0v) is 31.0. The van der Waals surface area contributed by atoms with Gasteiger partial charge in [0.1, 0.15) is 18.3 Å². The number of aryl methyl sites for hydroxylation is 1. The van der Waals surface area contributed by atoms with Gasteiger partial charge in [-0.15, -0.1) is 0 Å². The van der Waals surface area contributed by atoms with Crippen LogP contribution in [0.15, 0.2) is 95.9 Å². The van der Waals surface area contributed by atoms with Crippen molar-refractivity contribution in [1.29, 1.82) is 0 Å². The molecule has 12 heteroatoms. The molecule has 0 aromatic heterocycles. The second-order valence-corrected chi connectivity index (χ2v) is 15.0. The van der Waals surface area contributed by atoms with Gasteiger partial charge in [0.2, 0.25) is 11.8 Å². The summed E-state index contributed by atoms with van der Waals surface area (Å²) in [7, 11) is -0.257. The van der Waals surface area contributed by atoms with Gasteiger partial charge in [0.05, 0.1) is 31.9 Å². The Morgan fingerprint density at radius 1 is 0.820 bits per heavy atom. The van der Waals surface area contributed by atoms with E-state index in [-0.39, 0.29) is 46.0 Å². The number of nitrogens with zero attached hydrogens (tertiary/aromatic N) is 2. The number of halogens is 1. The molecule has 50 heavy (non-hydrogen) atoms. The number of hydrogen-bond acceptors (Lipinski definition) is 7. The fourth-order valence-electron chi connectivity index (χ4n) is 5.45. The number of rotatable bonds is 14. The van der Waals surface area contributed by atoms with Crippen molar-refractivity contribution in [1.82, 2.24) is 10.2 Å². The van der Waals surface area contributed by atoms with E-state index in [0.29, 0.717) is 5.75 Å². The molecule has 0 radical (unpaired) electrons. The number of sulfonamides is 1. The van der Waals surface area contributed by atoms with Crippen molar-refractivity contribution in [2.45, 2.75) is 57.1 Å². The maximum atomic E-state index is 14.9. The lowest BCUT2D eigenvalue weighted by Crippen LogP contribution is -2.56. The number of hydrogen-bond donors (Lipinski definition) is 1. The predicted molar refractivity (Wildman–Crippen MR) is 196 cm³/mol. The summed E-state index contributed by atoms with van der Waals surface area (Å²) in [4.78, 5) is 30.3. The molecule has 266 valence electrons. The lowest BCUT2D eigenvalue weighted by molar-refractivity contribution is -0.140. The minimum atomic E-state index is -4.49.